The van der Waals surface area contributed by atoms with Crippen LogP contribution in [0.2, 0.25) is 0 Å². The number of aromatic hydroxyl groups is 1. The average Bonchev–Trinajstić information content (AvgIpc) is 2.42. The van der Waals surface area contributed by atoms with Gasteiger partial charge in [-0.2, -0.15) is 0 Å². The number of H-pyrrole nitrogens is 1. The van der Waals surface area contributed by atoms with E-state index in [0.29, 0.717) is 5.75 Å². The number of thioether (sulfide) groups is 1. The third-order valence-electron chi connectivity index (χ3n) is 1.90. The Hall–Kier alpha value is -0.610. The molecule has 0 aliphatic carbocycles. The van der Waals surface area contributed by atoms with E-state index in [4.69, 9.17) is 0 Å². The first-order valence-corrected chi connectivity index (χ1v) is 5.78. The fraction of sp³-hybridized carbons (Fsp3) is 0.111. The van der Waals surface area contributed by atoms with Gasteiger partial charge in [0.15, 0.2) is 5.75 Å². The Morgan fingerprint density at radius 1 is 1.46 bits per heavy atom. The molecule has 68 valence electrons. The highest BCUT2D eigenvalue weighted by molar-refractivity contribution is 9.10. The Labute approximate surface area is 88.5 Å². The predicted molar refractivity (Wildman–Crippen MR) is 59.4 cm³/mol. The molecule has 1 aromatic carbocycles. The molecule has 0 saturated heterocycles. The highest BCUT2D eigenvalue weighted by Crippen LogP contribution is 2.35. The van der Waals surface area contributed by atoms with Crippen LogP contribution in [0.4, 0.5) is 0 Å². The van der Waals surface area contributed by atoms with Gasteiger partial charge in [0, 0.05) is 9.86 Å². The molecule has 1 aromatic heterocycles. The molecule has 0 saturated carbocycles. The summed E-state index contributed by atoms with van der Waals surface area (Å²) >= 11 is 4.89. The van der Waals surface area contributed by atoms with Crippen molar-refractivity contribution in [3.05, 3.63) is 22.7 Å². The lowest BCUT2D eigenvalue weighted by atomic mass is 10.2. The number of halogens is 1. The summed E-state index contributed by atoms with van der Waals surface area (Å²) in [4.78, 5) is 3.14. The largest absolute Gasteiger partial charge is 0.505 e. The van der Waals surface area contributed by atoms with Crippen LogP contribution in [0, 0.1) is 0 Å². The van der Waals surface area contributed by atoms with Crippen molar-refractivity contribution in [2.24, 2.45) is 0 Å². The molecule has 0 bridgehead atoms. The molecule has 2 N–H and O–H groups in total. The highest BCUT2D eigenvalue weighted by Gasteiger charge is 2.08. The minimum absolute atomic E-state index is 0.343. The fourth-order valence-electron chi connectivity index (χ4n) is 1.28. The Balaban J connectivity index is 2.76. The van der Waals surface area contributed by atoms with E-state index < -0.39 is 0 Å². The molecule has 0 fully saturated rings. The van der Waals surface area contributed by atoms with Crippen molar-refractivity contribution in [2.45, 2.75) is 5.03 Å². The number of aromatic nitrogens is 1. The van der Waals surface area contributed by atoms with Gasteiger partial charge in [-0.3, -0.25) is 0 Å². The molecular weight excluding hydrogens is 250 g/mol. The van der Waals surface area contributed by atoms with Gasteiger partial charge < -0.3 is 10.1 Å². The van der Waals surface area contributed by atoms with Gasteiger partial charge in [0.05, 0.1) is 5.52 Å². The normalized spacial score (nSPS) is 10.9. The SMILES string of the molecule is CSc1[nH]c2cc(Br)ccc2c1O. The fourth-order valence-corrected chi connectivity index (χ4v) is 2.15. The molecule has 2 rings (SSSR count). The maximum Gasteiger partial charge on any atom is 0.154 e. The lowest BCUT2D eigenvalue weighted by Crippen LogP contribution is -1.67. The van der Waals surface area contributed by atoms with Crippen LogP contribution in [0.15, 0.2) is 27.7 Å². The highest BCUT2D eigenvalue weighted by atomic mass is 79.9. The van der Waals surface area contributed by atoms with Crippen molar-refractivity contribution < 1.29 is 5.11 Å². The van der Waals surface area contributed by atoms with E-state index >= 15 is 0 Å². The predicted octanol–water partition coefficient (Wildman–Crippen LogP) is 3.36. The van der Waals surface area contributed by atoms with Crippen molar-refractivity contribution in [1.82, 2.24) is 4.98 Å². The minimum atomic E-state index is 0.343. The smallest absolute Gasteiger partial charge is 0.154 e. The Kier molecular flexibility index (Phi) is 2.26. The molecule has 0 aliphatic rings. The number of aromatic amines is 1. The molecule has 0 amide bonds. The van der Waals surface area contributed by atoms with E-state index in [0.717, 1.165) is 20.4 Å². The van der Waals surface area contributed by atoms with Gasteiger partial charge in [0.2, 0.25) is 0 Å². The van der Waals surface area contributed by atoms with E-state index in [1.165, 1.54) is 11.8 Å². The Morgan fingerprint density at radius 3 is 2.92 bits per heavy atom. The summed E-state index contributed by atoms with van der Waals surface area (Å²) in [6, 6.07) is 5.76. The molecule has 0 unspecified atom stereocenters. The lowest BCUT2D eigenvalue weighted by molar-refractivity contribution is 0.467. The molecule has 1 heterocycles. The standard InChI is InChI=1S/C9H8BrNOS/c1-13-9-8(12)6-3-2-5(10)4-7(6)11-9/h2-4,11-12H,1H3. The molecule has 0 spiro atoms. The lowest BCUT2D eigenvalue weighted by Gasteiger charge is -1.91. The van der Waals surface area contributed by atoms with Crippen molar-refractivity contribution in [2.75, 3.05) is 6.26 Å². The summed E-state index contributed by atoms with van der Waals surface area (Å²) in [6.45, 7) is 0. The van der Waals surface area contributed by atoms with Crippen LogP contribution in [-0.4, -0.2) is 16.3 Å². The van der Waals surface area contributed by atoms with Crippen LogP contribution < -0.4 is 0 Å². The quantitative estimate of drug-likeness (QED) is 0.769. The molecule has 2 nitrogen and oxygen atoms in total. The van der Waals surface area contributed by atoms with Crippen molar-refractivity contribution >= 4 is 38.6 Å². The molecule has 2 aromatic rings. The van der Waals surface area contributed by atoms with Crippen molar-refractivity contribution in [1.29, 1.82) is 0 Å². The second-order valence-corrected chi connectivity index (χ2v) is 4.43. The zero-order valence-electron chi connectivity index (χ0n) is 6.97. The van der Waals surface area contributed by atoms with Gasteiger partial charge in [-0.05, 0) is 24.5 Å². The van der Waals surface area contributed by atoms with Crippen LogP contribution in [0.5, 0.6) is 5.75 Å². The first kappa shape index (κ1) is 8.97. The number of rotatable bonds is 1. The summed E-state index contributed by atoms with van der Waals surface area (Å²) in [6.07, 6.45) is 1.93. The third-order valence-corrected chi connectivity index (χ3v) is 3.10. The van der Waals surface area contributed by atoms with E-state index in [1.807, 2.05) is 24.5 Å². The number of nitrogens with one attached hydrogen (secondary N) is 1. The van der Waals surface area contributed by atoms with Crippen LogP contribution in [0.1, 0.15) is 0 Å². The zero-order valence-corrected chi connectivity index (χ0v) is 9.37. The van der Waals surface area contributed by atoms with Gasteiger partial charge in [-0.1, -0.05) is 15.9 Å². The maximum atomic E-state index is 9.71. The van der Waals surface area contributed by atoms with E-state index in [1.54, 1.807) is 0 Å². The minimum Gasteiger partial charge on any atom is -0.505 e. The maximum absolute atomic E-state index is 9.71. The van der Waals surface area contributed by atoms with Crippen molar-refractivity contribution in [3.63, 3.8) is 0 Å². The first-order chi connectivity index (χ1) is 6.22. The molecule has 0 aliphatic heterocycles. The van der Waals surface area contributed by atoms with Crippen LogP contribution in [0.25, 0.3) is 10.9 Å². The number of benzene rings is 1. The van der Waals surface area contributed by atoms with Crippen LogP contribution in [0.3, 0.4) is 0 Å². The second kappa shape index (κ2) is 3.27. The Morgan fingerprint density at radius 2 is 2.23 bits per heavy atom. The van der Waals surface area contributed by atoms with Gasteiger partial charge >= 0.3 is 0 Å². The van der Waals surface area contributed by atoms with Crippen molar-refractivity contribution in [3.8, 4) is 5.75 Å². The summed E-state index contributed by atoms with van der Waals surface area (Å²) in [5, 5.41) is 11.4. The Bertz CT molecular complexity index is 452. The summed E-state index contributed by atoms with van der Waals surface area (Å²) in [5.74, 6) is 0.343. The number of hydrogen-bond donors (Lipinski definition) is 2. The van der Waals surface area contributed by atoms with E-state index in [2.05, 4.69) is 20.9 Å². The number of fused-ring (bicyclic) bond motifs is 1. The zero-order chi connectivity index (χ0) is 9.42. The monoisotopic (exact) mass is 257 g/mol. The molecule has 0 atom stereocenters. The molecule has 13 heavy (non-hydrogen) atoms. The summed E-state index contributed by atoms with van der Waals surface area (Å²) in [5.41, 5.74) is 0.955. The summed E-state index contributed by atoms with van der Waals surface area (Å²) in [7, 11) is 0. The average molecular weight is 258 g/mol. The van der Waals surface area contributed by atoms with Gasteiger partial charge in [0.1, 0.15) is 5.03 Å². The van der Waals surface area contributed by atoms with Crippen LogP contribution >= 0.6 is 27.7 Å². The van der Waals surface area contributed by atoms with Gasteiger partial charge in [-0.25, -0.2) is 0 Å². The van der Waals surface area contributed by atoms with Gasteiger partial charge in [-0.15, -0.1) is 11.8 Å². The van der Waals surface area contributed by atoms with Gasteiger partial charge in [0.25, 0.3) is 0 Å². The van der Waals surface area contributed by atoms with E-state index in [9.17, 15) is 5.11 Å². The number of hydrogen-bond acceptors (Lipinski definition) is 2. The first-order valence-electron chi connectivity index (χ1n) is 3.76. The molecule has 4 heteroatoms. The molecule has 0 radical (unpaired) electrons. The third kappa shape index (κ3) is 1.44. The summed E-state index contributed by atoms with van der Waals surface area (Å²) < 4.78 is 1.01. The topological polar surface area (TPSA) is 36.0 Å². The molecular formula is C9H8BrNOS. The second-order valence-electron chi connectivity index (χ2n) is 2.70. The van der Waals surface area contributed by atoms with Crippen LogP contribution in [-0.2, 0) is 0 Å². The van der Waals surface area contributed by atoms with E-state index in [-0.39, 0.29) is 0 Å².